The summed E-state index contributed by atoms with van der Waals surface area (Å²) in [6, 6.07) is 0.353. The quantitative estimate of drug-likeness (QED) is 0.811. The maximum absolute atomic E-state index is 12.0. The predicted octanol–water partition coefficient (Wildman–Crippen LogP) is 1.99. The zero-order valence-corrected chi connectivity index (χ0v) is 13.3. The first kappa shape index (κ1) is 17.2. The van der Waals surface area contributed by atoms with E-state index in [1.165, 1.54) is 0 Å². The van der Waals surface area contributed by atoms with Crippen LogP contribution in [0.25, 0.3) is 0 Å². The highest BCUT2D eigenvalue weighted by Crippen LogP contribution is 2.23. The summed E-state index contributed by atoms with van der Waals surface area (Å²) in [6.07, 6.45) is 2.51. The molecular weight excluding hydrogens is 256 g/mol. The molecule has 5 heteroatoms. The van der Waals surface area contributed by atoms with E-state index < -0.39 is 5.60 Å². The van der Waals surface area contributed by atoms with E-state index in [2.05, 4.69) is 12.2 Å². The molecule has 1 heterocycles. The highest BCUT2D eigenvalue weighted by atomic mass is 16.6. The van der Waals surface area contributed by atoms with Crippen molar-refractivity contribution in [2.75, 3.05) is 26.2 Å². The third-order valence-corrected chi connectivity index (χ3v) is 3.67. The highest BCUT2D eigenvalue weighted by Gasteiger charge is 2.30. The van der Waals surface area contributed by atoms with Crippen LogP contribution < -0.4 is 5.32 Å². The van der Waals surface area contributed by atoms with Crippen LogP contribution in [0.3, 0.4) is 0 Å². The number of ether oxygens (including phenoxy) is 1. The molecule has 1 aliphatic heterocycles. The second kappa shape index (κ2) is 7.84. The number of aliphatic hydroxyl groups excluding tert-OH is 1. The summed E-state index contributed by atoms with van der Waals surface area (Å²) >= 11 is 0. The lowest BCUT2D eigenvalue weighted by Gasteiger charge is -2.36. The van der Waals surface area contributed by atoms with Crippen LogP contribution in [-0.4, -0.2) is 54.0 Å². The molecule has 118 valence electrons. The van der Waals surface area contributed by atoms with E-state index in [1.807, 2.05) is 20.8 Å². The molecule has 1 rings (SSSR count). The number of carbonyl (C=O) groups is 1. The van der Waals surface area contributed by atoms with Crippen molar-refractivity contribution in [1.82, 2.24) is 10.2 Å². The van der Waals surface area contributed by atoms with Gasteiger partial charge in [-0.2, -0.15) is 0 Å². The molecule has 0 aromatic rings. The molecule has 1 fully saturated rings. The molecule has 0 aliphatic carbocycles. The van der Waals surface area contributed by atoms with Crippen molar-refractivity contribution in [3.05, 3.63) is 0 Å². The first-order valence-electron chi connectivity index (χ1n) is 7.69. The van der Waals surface area contributed by atoms with Gasteiger partial charge in [-0.15, -0.1) is 0 Å². The van der Waals surface area contributed by atoms with E-state index in [0.29, 0.717) is 12.0 Å². The minimum Gasteiger partial charge on any atom is -0.444 e. The SMILES string of the molecule is CCN[C@@H](CCO)C1CCN(C(=O)OC(C)(C)C)CC1. The largest absolute Gasteiger partial charge is 0.444 e. The summed E-state index contributed by atoms with van der Waals surface area (Å²) in [5.41, 5.74) is -0.433. The summed E-state index contributed by atoms with van der Waals surface area (Å²) in [5.74, 6) is 0.529. The number of amides is 1. The number of hydrogen-bond acceptors (Lipinski definition) is 4. The fraction of sp³-hybridized carbons (Fsp3) is 0.933. The lowest BCUT2D eigenvalue weighted by molar-refractivity contribution is 0.0164. The van der Waals surface area contributed by atoms with Gasteiger partial charge in [-0.3, -0.25) is 0 Å². The van der Waals surface area contributed by atoms with Crippen molar-refractivity contribution in [3.8, 4) is 0 Å². The van der Waals surface area contributed by atoms with Gasteiger partial charge < -0.3 is 20.1 Å². The summed E-state index contributed by atoms with van der Waals surface area (Å²) in [5, 5.41) is 12.6. The number of nitrogens with one attached hydrogen (secondary N) is 1. The molecular formula is C15H30N2O3. The molecule has 0 unspecified atom stereocenters. The standard InChI is InChI=1S/C15H30N2O3/c1-5-16-13(8-11-18)12-6-9-17(10-7-12)14(19)20-15(2,3)4/h12-13,16,18H,5-11H2,1-4H3/t13-/m0/s1. The number of piperidine rings is 1. The third-order valence-electron chi connectivity index (χ3n) is 3.67. The molecule has 20 heavy (non-hydrogen) atoms. The molecule has 0 bridgehead atoms. The van der Waals surface area contributed by atoms with Gasteiger partial charge in [0.2, 0.25) is 0 Å². The number of rotatable bonds is 5. The van der Waals surface area contributed by atoms with Crippen LogP contribution >= 0.6 is 0 Å². The number of aliphatic hydroxyl groups is 1. The molecule has 1 saturated heterocycles. The fourth-order valence-corrected chi connectivity index (χ4v) is 2.72. The van der Waals surface area contributed by atoms with Gasteiger partial charge in [-0.1, -0.05) is 6.92 Å². The van der Waals surface area contributed by atoms with Gasteiger partial charge in [0.25, 0.3) is 0 Å². The van der Waals surface area contributed by atoms with Crippen molar-refractivity contribution >= 4 is 6.09 Å². The Labute approximate surface area is 122 Å². The van der Waals surface area contributed by atoms with Crippen molar-refractivity contribution in [2.45, 2.75) is 58.6 Å². The normalized spacial score (nSPS) is 18.9. The molecule has 1 atom stereocenters. The van der Waals surface area contributed by atoms with Crippen molar-refractivity contribution in [3.63, 3.8) is 0 Å². The zero-order chi connectivity index (χ0) is 15.2. The lowest BCUT2D eigenvalue weighted by Crippen LogP contribution is -2.46. The summed E-state index contributed by atoms with van der Waals surface area (Å²) in [4.78, 5) is 13.8. The van der Waals surface area contributed by atoms with E-state index in [9.17, 15) is 4.79 Å². The monoisotopic (exact) mass is 286 g/mol. The van der Waals surface area contributed by atoms with Crippen LogP contribution in [0, 0.1) is 5.92 Å². The number of nitrogens with zero attached hydrogens (tertiary/aromatic N) is 1. The number of carbonyl (C=O) groups excluding carboxylic acids is 1. The Bertz CT molecular complexity index is 288. The first-order valence-corrected chi connectivity index (χ1v) is 7.69. The van der Waals surface area contributed by atoms with Gasteiger partial charge in [0.15, 0.2) is 0 Å². The van der Waals surface area contributed by atoms with Crippen LogP contribution in [-0.2, 0) is 4.74 Å². The second-order valence-electron chi connectivity index (χ2n) is 6.48. The average molecular weight is 286 g/mol. The molecule has 0 saturated carbocycles. The number of hydrogen-bond donors (Lipinski definition) is 2. The summed E-state index contributed by atoms with van der Waals surface area (Å²) < 4.78 is 5.40. The van der Waals surface area contributed by atoms with Crippen LogP contribution in [0.2, 0.25) is 0 Å². The first-order chi connectivity index (χ1) is 9.37. The molecule has 0 aromatic heterocycles. The van der Waals surface area contributed by atoms with E-state index in [4.69, 9.17) is 9.84 Å². The highest BCUT2D eigenvalue weighted by molar-refractivity contribution is 5.68. The van der Waals surface area contributed by atoms with Gasteiger partial charge >= 0.3 is 6.09 Å². The summed E-state index contributed by atoms with van der Waals surface area (Å²) in [6.45, 7) is 10.4. The maximum Gasteiger partial charge on any atom is 0.410 e. The van der Waals surface area contributed by atoms with Gasteiger partial charge in [-0.05, 0) is 52.5 Å². The molecule has 0 radical (unpaired) electrons. The van der Waals surface area contributed by atoms with Gasteiger partial charge in [-0.25, -0.2) is 4.79 Å². The second-order valence-corrected chi connectivity index (χ2v) is 6.48. The average Bonchev–Trinajstić information content (AvgIpc) is 2.37. The Morgan fingerprint density at radius 1 is 1.40 bits per heavy atom. The smallest absolute Gasteiger partial charge is 0.410 e. The van der Waals surface area contributed by atoms with Crippen molar-refractivity contribution in [2.24, 2.45) is 5.92 Å². The Hall–Kier alpha value is -0.810. The van der Waals surface area contributed by atoms with Crippen molar-refractivity contribution in [1.29, 1.82) is 0 Å². The third kappa shape index (κ3) is 5.67. The van der Waals surface area contributed by atoms with Gasteiger partial charge in [0, 0.05) is 25.7 Å². The van der Waals surface area contributed by atoms with E-state index in [0.717, 1.165) is 38.9 Å². The van der Waals surface area contributed by atoms with E-state index in [-0.39, 0.29) is 12.7 Å². The zero-order valence-electron chi connectivity index (χ0n) is 13.3. The molecule has 1 aliphatic rings. The Morgan fingerprint density at radius 2 is 2.00 bits per heavy atom. The topological polar surface area (TPSA) is 61.8 Å². The van der Waals surface area contributed by atoms with Gasteiger partial charge in [0.05, 0.1) is 0 Å². The Morgan fingerprint density at radius 3 is 2.45 bits per heavy atom. The van der Waals surface area contributed by atoms with E-state index in [1.54, 1.807) is 4.90 Å². The Kier molecular flexibility index (Phi) is 6.76. The molecule has 2 N–H and O–H groups in total. The Balaban J connectivity index is 2.44. The fourth-order valence-electron chi connectivity index (χ4n) is 2.72. The predicted molar refractivity (Wildman–Crippen MR) is 79.7 cm³/mol. The van der Waals surface area contributed by atoms with Crippen LogP contribution in [0.5, 0.6) is 0 Å². The van der Waals surface area contributed by atoms with Crippen LogP contribution in [0.4, 0.5) is 4.79 Å². The lowest BCUT2D eigenvalue weighted by atomic mass is 9.88. The molecule has 0 aromatic carbocycles. The molecule has 1 amide bonds. The minimum atomic E-state index is -0.433. The van der Waals surface area contributed by atoms with Crippen molar-refractivity contribution < 1.29 is 14.6 Å². The maximum atomic E-state index is 12.0. The van der Waals surface area contributed by atoms with E-state index >= 15 is 0 Å². The van der Waals surface area contributed by atoms with Gasteiger partial charge in [0.1, 0.15) is 5.60 Å². The molecule has 0 spiro atoms. The minimum absolute atomic E-state index is 0.210. The number of likely N-dealkylation sites (tertiary alicyclic amines) is 1. The van der Waals surface area contributed by atoms with Crippen LogP contribution in [0.15, 0.2) is 0 Å². The molecule has 5 nitrogen and oxygen atoms in total. The summed E-state index contributed by atoms with van der Waals surface area (Å²) in [7, 11) is 0. The van der Waals surface area contributed by atoms with Crippen LogP contribution in [0.1, 0.15) is 47.0 Å².